The van der Waals surface area contributed by atoms with E-state index in [1.54, 1.807) is 0 Å². The van der Waals surface area contributed by atoms with E-state index in [1.807, 2.05) is 30.3 Å². The molecule has 3 rings (SSSR count). The lowest BCUT2D eigenvalue weighted by atomic mass is 9.80. The molecule has 24 heavy (non-hydrogen) atoms. The summed E-state index contributed by atoms with van der Waals surface area (Å²) in [5, 5.41) is 11.4. The highest BCUT2D eigenvalue weighted by molar-refractivity contribution is 5.81. The van der Waals surface area contributed by atoms with Gasteiger partial charge in [-0.3, -0.25) is 0 Å². The molecule has 3 atom stereocenters. The van der Waals surface area contributed by atoms with E-state index >= 15 is 0 Å². The number of carbonyl (C=O) groups is 1. The average molecular weight is 332 g/mol. The molecule has 1 aromatic carbocycles. The normalized spacial score (nSPS) is 30.2. The van der Waals surface area contributed by atoms with E-state index in [1.165, 1.54) is 0 Å². The summed E-state index contributed by atoms with van der Waals surface area (Å²) < 4.78 is 6.77. The van der Waals surface area contributed by atoms with Gasteiger partial charge < -0.3 is 14.3 Å². The standard InChI is InChI=1S/C20H30NO3/c1-3-21(2)14-13-18(15-21)24-19(22)20(23,17-11-7-8-12-17)16-9-5-4-6-10-16/h4-6,9-10,17-18,23H,3,7-8,11-15H2,1-2H3/q+1. The first kappa shape index (κ1) is 17.4. The van der Waals surface area contributed by atoms with Crippen LogP contribution in [0.5, 0.6) is 0 Å². The average Bonchev–Trinajstić information content (AvgIpc) is 3.26. The summed E-state index contributed by atoms with van der Waals surface area (Å²) in [4.78, 5) is 13.0. The molecule has 4 nitrogen and oxygen atoms in total. The van der Waals surface area contributed by atoms with Crippen LogP contribution in [0.3, 0.4) is 0 Å². The van der Waals surface area contributed by atoms with Gasteiger partial charge in [-0.15, -0.1) is 0 Å². The van der Waals surface area contributed by atoms with E-state index in [9.17, 15) is 9.90 Å². The van der Waals surface area contributed by atoms with Gasteiger partial charge in [0.1, 0.15) is 6.54 Å². The van der Waals surface area contributed by atoms with E-state index in [0.29, 0.717) is 5.56 Å². The summed E-state index contributed by atoms with van der Waals surface area (Å²) in [5.41, 5.74) is -0.830. The van der Waals surface area contributed by atoms with Crippen LogP contribution in [0.1, 0.15) is 44.6 Å². The molecule has 3 unspecified atom stereocenters. The Morgan fingerprint density at radius 2 is 1.92 bits per heavy atom. The fraction of sp³-hybridized carbons (Fsp3) is 0.650. The number of esters is 1. The minimum atomic E-state index is -1.50. The van der Waals surface area contributed by atoms with Crippen LogP contribution in [-0.2, 0) is 15.1 Å². The lowest BCUT2D eigenvalue weighted by Crippen LogP contribution is -2.46. The molecule has 0 spiro atoms. The first-order valence-corrected chi connectivity index (χ1v) is 9.30. The number of hydrogen-bond donors (Lipinski definition) is 1. The molecule has 1 saturated carbocycles. The minimum absolute atomic E-state index is 0.0409. The Bertz CT molecular complexity index is 570. The smallest absolute Gasteiger partial charge is 0.343 e. The number of quaternary nitrogens is 1. The minimum Gasteiger partial charge on any atom is -0.454 e. The van der Waals surface area contributed by atoms with Crippen molar-refractivity contribution >= 4 is 5.97 Å². The maximum absolute atomic E-state index is 13.0. The van der Waals surface area contributed by atoms with Crippen LogP contribution in [0.4, 0.5) is 0 Å². The SMILES string of the molecule is CC[N+]1(C)CCC(OC(=O)C(O)(c2ccccc2)C2CCCC2)C1. The highest BCUT2D eigenvalue weighted by Gasteiger charge is 2.49. The fourth-order valence-corrected chi connectivity index (χ4v) is 4.31. The number of aliphatic hydroxyl groups is 1. The van der Waals surface area contributed by atoms with Gasteiger partial charge in [-0.05, 0) is 25.3 Å². The van der Waals surface area contributed by atoms with Crippen molar-refractivity contribution in [1.29, 1.82) is 0 Å². The quantitative estimate of drug-likeness (QED) is 0.666. The third kappa shape index (κ3) is 3.22. The van der Waals surface area contributed by atoms with Crippen LogP contribution < -0.4 is 0 Å². The molecule has 0 amide bonds. The molecule has 0 radical (unpaired) electrons. The van der Waals surface area contributed by atoms with Crippen molar-refractivity contribution in [3.05, 3.63) is 35.9 Å². The third-order valence-corrected chi connectivity index (χ3v) is 6.14. The summed E-state index contributed by atoms with van der Waals surface area (Å²) in [7, 11) is 2.20. The summed E-state index contributed by atoms with van der Waals surface area (Å²) in [6.45, 7) is 5.09. The largest absolute Gasteiger partial charge is 0.454 e. The van der Waals surface area contributed by atoms with Crippen molar-refractivity contribution in [2.45, 2.75) is 50.7 Å². The van der Waals surface area contributed by atoms with Crippen LogP contribution >= 0.6 is 0 Å². The zero-order valence-electron chi connectivity index (χ0n) is 14.9. The second-order valence-corrected chi connectivity index (χ2v) is 7.77. The van der Waals surface area contributed by atoms with Crippen molar-refractivity contribution in [3.63, 3.8) is 0 Å². The molecule has 1 heterocycles. The third-order valence-electron chi connectivity index (χ3n) is 6.14. The van der Waals surface area contributed by atoms with Crippen molar-refractivity contribution in [2.75, 3.05) is 26.7 Å². The van der Waals surface area contributed by atoms with Crippen molar-refractivity contribution in [2.24, 2.45) is 5.92 Å². The second kappa shape index (κ2) is 6.85. The Morgan fingerprint density at radius 1 is 1.25 bits per heavy atom. The molecular formula is C20H30NO3+. The summed E-state index contributed by atoms with van der Waals surface area (Å²) in [6, 6.07) is 9.36. The van der Waals surface area contributed by atoms with Crippen LogP contribution in [0, 0.1) is 5.92 Å². The van der Waals surface area contributed by atoms with Gasteiger partial charge in [0, 0.05) is 12.3 Å². The number of nitrogens with zero attached hydrogens (tertiary/aromatic N) is 1. The number of carbonyl (C=O) groups excluding carboxylic acids is 1. The molecular weight excluding hydrogens is 302 g/mol. The van der Waals surface area contributed by atoms with Crippen molar-refractivity contribution < 1.29 is 19.1 Å². The van der Waals surface area contributed by atoms with Crippen LogP contribution in [0.25, 0.3) is 0 Å². The molecule has 4 heteroatoms. The zero-order valence-corrected chi connectivity index (χ0v) is 14.9. The molecule has 0 bridgehead atoms. The van der Waals surface area contributed by atoms with Crippen molar-refractivity contribution in [1.82, 2.24) is 0 Å². The van der Waals surface area contributed by atoms with Crippen LogP contribution in [-0.4, -0.2) is 48.3 Å². The van der Waals surface area contributed by atoms with Gasteiger partial charge in [-0.2, -0.15) is 0 Å². The summed E-state index contributed by atoms with van der Waals surface area (Å²) >= 11 is 0. The van der Waals surface area contributed by atoms with E-state index < -0.39 is 11.6 Å². The molecule has 2 fully saturated rings. The predicted molar refractivity (Wildman–Crippen MR) is 93.3 cm³/mol. The molecule has 1 aliphatic carbocycles. The van der Waals surface area contributed by atoms with E-state index in [4.69, 9.17) is 4.74 Å². The Balaban J connectivity index is 1.80. The number of hydrogen-bond acceptors (Lipinski definition) is 3. The number of rotatable bonds is 5. The maximum Gasteiger partial charge on any atom is 0.343 e. The summed E-state index contributed by atoms with van der Waals surface area (Å²) in [6.07, 6.45) is 4.70. The highest BCUT2D eigenvalue weighted by atomic mass is 16.6. The van der Waals surface area contributed by atoms with E-state index in [-0.39, 0.29) is 12.0 Å². The Hall–Kier alpha value is -1.39. The number of likely N-dealkylation sites (N-methyl/N-ethyl adjacent to an activating group) is 1. The lowest BCUT2D eigenvalue weighted by molar-refractivity contribution is -0.897. The molecule has 1 aliphatic heterocycles. The van der Waals surface area contributed by atoms with Gasteiger partial charge in [0.05, 0.1) is 20.1 Å². The van der Waals surface area contributed by atoms with Crippen LogP contribution in [0.2, 0.25) is 0 Å². The first-order chi connectivity index (χ1) is 11.5. The lowest BCUT2D eigenvalue weighted by Gasteiger charge is -2.33. The van der Waals surface area contributed by atoms with Crippen molar-refractivity contribution in [3.8, 4) is 0 Å². The van der Waals surface area contributed by atoms with Gasteiger partial charge in [0.2, 0.25) is 0 Å². The fourth-order valence-electron chi connectivity index (χ4n) is 4.31. The summed E-state index contributed by atoms with van der Waals surface area (Å²) in [5.74, 6) is -0.490. The predicted octanol–water partition coefficient (Wildman–Crippen LogP) is 2.85. The van der Waals surface area contributed by atoms with Gasteiger partial charge in [-0.1, -0.05) is 43.2 Å². The Kier molecular flexibility index (Phi) is 4.97. The van der Waals surface area contributed by atoms with Gasteiger partial charge in [-0.25, -0.2) is 4.79 Å². The highest BCUT2D eigenvalue weighted by Crippen LogP contribution is 2.42. The van der Waals surface area contributed by atoms with Gasteiger partial charge >= 0.3 is 5.97 Å². The molecule has 2 aliphatic rings. The second-order valence-electron chi connectivity index (χ2n) is 7.77. The number of benzene rings is 1. The number of ether oxygens (including phenoxy) is 1. The monoisotopic (exact) mass is 332 g/mol. The molecule has 1 aromatic rings. The maximum atomic E-state index is 13.0. The van der Waals surface area contributed by atoms with E-state index in [0.717, 1.165) is 56.2 Å². The number of likely N-dealkylation sites (tertiary alicyclic amines) is 1. The zero-order chi connectivity index (χ0) is 17.2. The Morgan fingerprint density at radius 3 is 2.50 bits per heavy atom. The molecule has 1 saturated heterocycles. The van der Waals surface area contributed by atoms with Gasteiger partial charge in [0.25, 0.3) is 0 Å². The topological polar surface area (TPSA) is 46.5 Å². The molecule has 1 N–H and O–H groups in total. The molecule has 132 valence electrons. The Labute approximate surface area is 145 Å². The van der Waals surface area contributed by atoms with E-state index in [2.05, 4.69) is 14.0 Å². The first-order valence-electron chi connectivity index (χ1n) is 9.30. The van der Waals surface area contributed by atoms with Gasteiger partial charge in [0.15, 0.2) is 11.7 Å². The molecule has 0 aromatic heterocycles. The van der Waals surface area contributed by atoms with Crippen LogP contribution in [0.15, 0.2) is 30.3 Å².